The summed E-state index contributed by atoms with van der Waals surface area (Å²) in [6.45, 7) is 6.07. The van der Waals surface area contributed by atoms with E-state index in [0.29, 0.717) is 61.3 Å². The van der Waals surface area contributed by atoms with Crippen LogP contribution in [0.1, 0.15) is 34.1 Å². The molecule has 1 fully saturated rings. The Bertz CT molecular complexity index is 1400. The van der Waals surface area contributed by atoms with E-state index in [1.165, 1.54) is 6.20 Å². The summed E-state index contributed by atoms with van der Waals surface area (Å²) in [4.78, 5) is 51.7. The van der Waals surface area contributed by atoms with E-state index in [1.807, 2.05) is 61.2 Å². The van der Waals surface area contributed by atoms with Crippen LogP contribution in [0.3, 0.4) is 0 Å². The molecule has 1 saturated heterocycles. The fraction of sp³-hybridized carbons (Fsp3) is 0.323. The summed E-state index contributed by atoms with van der Waals surface area (Å²) < 4.78 is 0. The number of likely N-dealkylation sites (N-methyl/N-ethyl adjacent to an activating group) is 1. The third kappa shape index (κ3) is 8.37. The van der Waals surface area contributed by atoms with Gasteiger partial charge in [0, 0.05) is 74.2 Å². The van der Waals surface area contributed by atoms with E-state index in [0.717, 1.165) is 30.6 Å². The van der Waals surface area contributed by atoms with E-state index in [9.17, 15) is 14.4 Å². The smallest absolute Gasteiger partial charge is 0.260 e. The Kier molecular flexibility index (Phi) is 10.6. The maximum Gasteiger partial charge on any atom is 0.260 e. The van der Waals surface area contributed by atoms with Gasteiger partial charge in [-0.1, -0.05) is 19.1 Å². The highest BCUT2D eigenvalue weighted by atomic mass is 16.2. The molecule has 11 nitrogen and oxygen atoms in total. The van der Waals surface area contributed by atoms with Gasteiger partial charge >= 0.3 is 0 Å². The Hall–Kier alpha value is -4.77. The lowest BCUT2D eigenvalue weighted by molar-refractivity contribution is -0.126. The molecule has 3 N–H and O–H groups in total. The number of anilines is 5. The monoisotopic (exact) mass is 570 g/mol. The number of nitrogens with one attached hydrogen (secondary N) is 3. The Balaban J connectivity index is 1.40. The van der Waals surface area contributed by atoms with Crippen LogP contribution in [0.25, 0.3) is 0 Å². The van der Waals surface area contributed by atoms with Gasteiger partial charge in [-0.05, 0) is 63.0 Å². The van der Waals surface area contributed by atoms with Crippen LogP contribution in [0.15, 0.2) is 66.9 Å². The van der Waals surface area contributed by atoms with Crippen molar-refractivity contribution in [3.63, 3.8) is 0 Å². The van der Waals surface area contributed by atoms with Gasteiger partial charge in [-0.3, -0.25) is 14.4 Å². The molecule has 0 bridgehead atoms. The Labute approximate surface area is 246 Å². The molecule has 4 rings (SSSR count). The quantitative estimate of drug-likeness (QED) is 0.220. The molecule has 0 unspecified atom stereocenters. The fourth-order valence-corrected chi connectivity index (χ4v) is 4.39. The van der Waals surface area contributed by atoms with Crippen molar-refractivity contribution in [2.45, 2.75) is 13.3 Å². The van der Waals surface area contributed by atoms with E-state index in [2.05, 4.69) is 30.8 Å². The zero-order chi connectivity index (χ0) is 29.9. The molecule has 0 atom stereocenters. The first-order chi connectivity index (χ1) is 20.4. The van der Waals surface area contributed by atoms with Gasteiger partial charge in [0.1, 0.15) is 17.7 Å². The second kappa shape index (κ2) is 14.7. The lowest BCUT2D eigenvalue weighted by Crippen LogP contribution is -2.48. The van der Waals surface area contributed by atoms with Crippen LogP contribution in [0.5, 0.6) is 0 Å². The molecule has 0 radical (unpaired) electrons. The van der Waals surface area contributed by atoms with Gasteiger partial charge < -0.3 is 30.7 Å². The van der Waals surface area contributed by atoms with Gasteiger partial charge in [0.25, 0.3) is 5.91 Å². The Morgan fingerprint density at radius 2 is 1.79 bits per heavy atom. The van der Waals surface area contributed by atoms with Gasteiger partial charge in [0.05, 0.1) is 0 Å². The molecule has 0 aliphatic carbocycles. The van der Waals surface area contributed by atoms with E-state index < -0.39 is 0 Å². The van der Waals surface area contributed by atoms with Crippen LogP contribution in [0, 0.1) is 0 Å². The van der Waals surface area contributed by atoms with Crippen molar-refractivity contribution in [2.24, 2.45) is 0 Å². The number of carbonyl (C=O) groups is 3. The van der Waals surface area contributed by atoms with Crippen molar-refractivity contribution >= 4 is 46.9 Å². The SMILES string of the molecule is CCCNc1nc(Nc2ccc(C=O)cc2)ncc1C(=O)Nc1cccc(N2CCN(C(=O)/C=C/CN(C)C)CC2)c1. The molecule has 3 aromatic rings. The van der Waals surface area contributed by atoms with Crippen LogP contribution in [0.2, 0.25) is 0 Å². The van der Waals surface area contributed by atoms with Crippen LogP contribution >= 0.6 is 0 Å². The lowest BCUT2D eigenvalue weighted by atomic mass is 10.2. The van der Waals surface area contributed by atoms with Crippen LogP contribution in [-0.4, -0.2) is 91.2 Å². The highest BCUT2D eigenvalue weighted by Gasteiger charge is 2.21. The van der Waals surface area contributed by atoms with Crippen LogP contribution < -0.4 is 20.9 Å². The standard InChI is InChI=1S/C31H38N8O3/c1-4-14-32-29-27(21-33-31(36-29)35-24-12-10-23(22-40)11-13-24)30(42)34-25-7-5-8-26(20-25)38-16-18-39(19-17-38)28(41)9-6-15-37(2)3/h5-13,20-22H,4,14-19H2,1-3H3,(H,34,42)(H2,32,33,35,36)/b9-6+. The molecular formula is C31H38N8O3. The third-order valence-electron chi connectivity index (χ3n) is 6.67. The summed E-state index contributed by atoms with van der Waals surface area (Å²) in [7, 11) is 3.93. The van der Waals surface area contributed by atoms with Crippen molar-refractivity contribution in [3.8, 4) is 0 Å². The van der Waals surface area contributed by atoms with E-state index >= 15 is 0 Å². The summed E-state index contributed by atoms with van der Waals surface area (Å²) in [6.07, 6.45) is 6.66. The molecule has 0 saturated carbocycles. The van der Waals surface area contributed by atoms with Gasteiger partial charge in [-0.15, -0.1) is 0 Å². The fourth-order valence-electron chi connectivity index (χ4n) is 4.39. The second-order valence-corrected chi connectivity index (χ2v) is 10.2. The molecule has 0 spiro atoms. The summed E-state index contributed by atoms with van der Waals surface area (Å²) in [5.74, 6) is 0.460. The Morgan fingerprint density at radius 1 is 1.02 bits per heavy atom. The van der Waals surface area contributed by atoms with E-state index in [1.54, 1.807) is 30.3 Å². The predicted octanol–water partition coefficient (Wildman–Crippen LogP) is 3.87. The van der Waals surface area contributed by atoms with Gasteiger partial charge in [0.15, 0.2) is 0 Å². The highest BCUT2D eigenvalue weighted by molar-refractivity contribution is 6.07. The number of benzene rings is 2. The number of piperazine rings is 1. The molecule has 42 heavy (non-hydrogen) atoms. The zero-order valence-electron chi connectivity index (χ0n) is 24.3. The molecule has 2 amide bonds. The third-order valence-corrected chi connectivity index (χ3v) is 6.67. The minimum Gasteiger partial charge on any atom is -0.369 e. The average Bonchev–Trinajstić information content (AvgIpc) is 3.00. The number of rotatable bonds is 12. The van der Waals surface area contributed by atoms with Gasteiger partial charge in [0.2, 0.25) is 11.9 Å². The molecular weight excluding hydrogens is 532 g/mol. The summed E-state index contributed by atoms with van der Waals surface area (Å²) >= 11 is 0. The average molecular weight is 571 g/mol. The minimum absolute atomic E-state index is 0.0317. The highest BCUT2D eigenvalue weighted by Crippen LogP contribution is 2.23. The first-order valence-corrected chi connectivity index (χ1v) is 14.1. The molecule has 1 aliphatic rings. The summed E-state index contributed by atoms with van der Waals surface area (Å²) in [5, 5.41) is 9.31. The Morgan fingerprint density at radius 3 is 2.48 bits per heavy atom. The molecule has 2 aromatic carbocycles. The van der Waals surface area contributed by atoms with Gasteiger partial charge in [-0.2, -0.15) is 4.98 Å². The van der Waals surface area contributed by atoms with E-state index in [4.69, 9.17) is 0 Å². The number of hydrogen-bond donors (Lipinski definition) is 3. The first-order valence-electron chi connectivity index (χ1n) is 14.1. The maximum atomic E-state index is 13.3. The summed E-state index contributed by atoms with van der Waals surface area (Å²) in [6, 6.07) is 14.6. The number of aldehydes is 1. The molecule has 1 aliphatic heterocycles. The summed E-state index contributed by atoms with van der Waals surface area (Å²) in [5.41, 5.74) is 3.25. The largest absolute Gasteiger partial charge is 0.369 e. The normalized spacial score (nSPS) is 13.3. The molecule has 220 valence electrons. The maximum absolute atomic E-state index is 13.3. The number of amides is 2. The second-order valence-electron chi connectivity index (χ2n) is 10.2. The molecule has 11 heteroatoms. The number of nitrogens with zero attached hydrogens (tertiary/aromatic N) is 5. The van der Waals surface area contributed by atoms with Crippen molar-refractivity contribution in [3.05, 3.63) is 78.0 Å². The zero-order valence-corrected chi connectivity index (χ0v) is 24.3. The van der Waals surface area contributed by atoms with Crippen LogP contribution in [0.4, 0.5) is 28.8 Å². The lowest BCUT2D eigenvalue weighted by Gasteiger charge is -2.35. The predicted molar refractivity (Wildman–Crippen MR) is 167 cm³/mol. The first kappa shape index (κ1) is 30.2. The van der Waals surface area contributed by atoms with Crippen molar-refractivity contribution < 1.29 is 14.4 Å². The number of aromatic nitrogens is 2. The number of hydrogen-bond acceptors (Lipinski definition) is 9. The topological polar surface area (TPSA) is 123 Å². The number of carbonyl (C=O) groups excluding carboxylic acids is 3. The van der Waals surface area contributed by atoms with E-state index in [-0.39, 0.29) is 11.8 Å². The van der Waals surface area contributed by atoms with Crippen molar-refractivity contribution in [1.29, 1.82) is 0 Å². The van der Waals surface area contributed by atoms with Crippen LogP contribution in [-0.2, 0) is 4.79 Å². The van der Waals surface area contributed by atoms with Crippen molar-refractivity contribution in [1.82, 2.24) is 19.8 Å². The van der Waals surface area contributed by atoms with Crippen molar-refractivity contribution in [2.75, 3.05) is 74.2 Å². The molecule has 1 aromatic heterocycles. The minimum atomic E-state index is -0.326. The van der Waals surface area contributed by atoms with Gasteiger partial charge in [-0.25, -0.2) is 4.98 Å². The molecule has 2 heterocycles.